The Morgan fingerprint density at radius 2 is 2.14 bits per heavy atom. The monoisotopic (exact) mass is 302 g/mol. The summed E-state index contributed by atoms with van der Waals surface area (Å²) < 4.78 is 0. The van der Waals surface area contributed by atoms with Gasteiger partial charge in [-0.15, -0.1) is 0 Å². The fraction of sp³-hybridized carbons (Fsp3) is 0.562. The molecule has 0 aromatic carbocycles. The molecule has 3 amide bonds. The summed E-state index contributed by atoms with van der Waals surface area (Å²) in [4.78, 5) is 29.3. The third kappa shape index (κ3) is 2.32. The van der Waals surface area contributed by atoms with E-state index in [9.17, 15) is 9.59 Å². The Balaban J connectivity index is 1.66. The number of amides is 3. The van der Waals surface area contributed by atoms with E-state index in [1.54, 1.807) is 6.07 Å². The highest BCUT2D eigenvalue weighted by atomic mass is 16.2. The summed E-state index contributed by atoms with van der Waals surface area (Å²) in [5.74, 6) is -0.123. The van der Waals surface area contributed by atoms with E-state index >= 15 is 0 Å². The molecule has 1 saturated carbocycles. The number of hydrogen-bond acceptors (Lipinski definition) is 3. The number of rotatable bonds is 3. The number of aromatic nitrogens is 1. The third-order valence-electron chi connectivity index (χ3n) is 4.96. The smallest absolute Gasteiger partial charge is 0.322 e. The van der Waals surface area contributed by atoms with E-state index in [1.807, 2.05) is 4.90 Å². The zero-order valence-corrected chi connectivity index (χ0v) is 13.0. The average molecular weight is 302 g/mol. The summed E-state index contributed by atoms with van der Waals surface area (Å²) in [5.41, 5.74) is 6.28. The van der Waals surface area contributed by atoms with Gasteiger partial charge in [0.1, 0.15) is 5.69 Å². The van der Waals surface area contributed by atoms with Crippen LogP contribution in [0.15, 0.2) is 18.3 Å². The van der Waals surface area contributed by atoms with Crippen LogP contribution in [0, 0.1) is 11.3 Å². The molecule has 0 bridgehead atoms. The first-order valence-electron chi connectivity index (χ1n) is 7.76. The molecule has 1 aliphatic carbocycles. The van der Waals surface area contributed by atoms with Gasteiger partial charge in [0.05, 0.1) is 11.9 Å². The van der Waals surface area contributed by atoms with Crippen LogP contribution in [0.1, 0.15) is 43.6 Å². The molecule has 2 heterocycles. The highest BCUT2D eigenvalue weighted by molar-refractivity contribution is 5.92. The van der Waals surface area contributed by atoms with Crippen molar-refractivity contribution in [3.8, 4) is 0 Å². The predicted octanol–water partition coefficient (Wildman–Crippen LogP) is 2.22. The van der Waals surface area contributed by atoms with Crippen molar-refractivity contribution in [1.82, 2.24) is 9.88 Å². The average Bonchev–Trinajstić information content (AvgIpc) is 2.35. The number of likely N-dealkylation sites (tertiary alicyclic amines) is 1. The second-order valence-electron chi connectivity index (χ2n) is 6.76. The molecule has 6 heteroatoms. The molecule has 1 atom stereocenters. The molecule has 1 aromatic rings. The highest BCUT2D eigenvalue weighted by Crippen LogP contribution is 2.55. The number of hydrogen-bond donors (Lipinski definition) is 2. The van der Waals surface area contributed by atoms with E-state index in [4.69, 9.17) is 5.73 Å². The molecule has 0 radical (unpaired) electrons. The van der Waals surface area contributed by atoms with Crippen molar-refractivity contribution >= 4 is 17.6 Å². The summed E-state index contributed by atoms with van der Waals surface area (Å²) >= 11 is 0. The fourth-order valence-corrected chi connectivity index (χ4v) is 3.91. The quantitative estimate of drug-likeness (QED) is 0.897. The number of primary amides is 1. The predicted molar refractivity (Wildman–Crippen MR) is 83.4 cm³/mol. The van der Waals surface area contributed by atoms with Gasteiger partial charge in [-0.2, -0.15) is 0 Å². The first-order chi connectivity index (χ1) is 10.4. The van der Waals surface area contributed by atoms with Gasteiger partial charge in [0.15, 0.2) is 0 Å². The number of carbonyl (C=O) groups is 2. The SMILES string of the molecule is CC(C)C1N(C(=O)Nc2ccc(C(N)=O)nc2)CC12CCC2. The molecule has 1 spiro atoms. The third-order valence-corrected chi connectivity index (χ3v) is 4.96. The first kappa shape index (κ1) is 14.8. The Bertz CT molecular complexity index is 593. The van der Waals surface area contributed by atoms with Gasteiger partial charge in [-0.1, -0.05) is 20.3 Å². The minimum atomic E-state index is -0.576. The summed E-state index contributed by atoms with van der Waals surface area (Å²) in [6.45, 7) is 5.19. The molecular formula is C16H22N4O2. The molecule has 3 N–H and O–H groups in total. The highest BCUT2D eigenvalue weighted by Gasteiger charge is 2.58. The number of anilines is 1. The van der Waals surface area contributed by atoms with Gasteiger partial charge in [-0.3, -0.25) is 4.79 Å². The lowest BCUT2D eigenvalue weighted by Crippen LogP contribution is -2.71. The van der Waals surface area contributed by atoms with Crippen LogP contribution in [0.2, 0.25) is 0 Å². The number of nitrogens with zero attached hydrogens (tertiary/aromatic N) is 2. The lowest BCUT2D eigenvalue weighted by molar-refractivity contribution is -0.114. The second-order valence-corrected chi connectivity index (χ2v) is 6.76. The maximum absolute atomic E-state index is 12.5. The summed E-state index contributed by atoms with van der Waals surface area (Å²) in [5, 5.41) is 2.85. The van der Waals surface area contributed by atoms with Gasteiger partial charge < -0.3 is 16.0 Å². The zero-order valence-electron chi connectivity index (χ0n) is 13.0. The molecule has 22 heavy (non-hydrogen) atoms. The van der Waals surface area contributed by atoms with Crippen LogP contribution in [0.4, 0.5) is 10.5 Å². The van der Waals surface area contributed by atoms with Crippen molar-refractivity contribution in [2.45, 2.75) is 39.2 Å². The van der Waals surface area contributed by atoms with E-state index in [1.165, 1.54) is 31.5 Å². The number of nitrogens with one attached hydrogen (secondary N) is 1. The Hall–Kier alpha value is -2.11. The standard InChI is InChI=1S/C16H22N4O2/c1-10(2)13-16(6-3-7-16)9-20(13)15(22)19-11-4-5-12(14(17)21)18-8-11/h4-5,8,10,13H,3,6-7,9H2,1-2H3,(H2,17,21)(H,19,22). The van der Waals surface area contributed by atoms with Crippen LogP contribution in [0.5, 0.6) is 0 Å². The van der Waals surface area contributed by atoms with Gasteiger partial charge in [-0.25, -0.2) is 9.78 Å². The lowest BCUT2D eigenvalue weighted by Gasteiger charge is -2.63. The largest absolute Gasteiger partial charge is 0.364 e. The minimum Gasteiger partial charge on any atom is -0.364 e. The normalized spacial score (nSPS) is 22.1. The second kappa shape index (κ2) is 5.26. The fourth-order valence-electron chi connectivity index (χ4n) is 3.91. The van der Waals surface area contributed by atoms with Crippen molar-refractivity contribution in [2.24, 2.45) is 17.1 Å². The number of urea groups is 1. The number of pyridine rings is 1. The van der Waals surface area contributed by atoms with Crippen LogP contribution < -0.4 is 11.1 Å². The van der Waals surface area contributed by atoms with Crippen LogP contribution in [-0.2, 0) is 0 Å². The van der Waals surface area contributed by atoms with Gasteiger partial charge in [-0.05, 0) is 30.9 Å². The van der Waals surface area contributed by atoms with E-state index in [0.29, 0.717) is 23.1 Å². The molecule has 1 aromatic heterocycles. The Labute approximate surface area is 130 Å². The van der Waals surface area contributed by atoms with Crippen LogP contribution in [0.3, 0.4) is 0 Å². The van der Waals surface area contributed by atoms with Crippen LogP contribution >= 0.6 is 0 Å². The molecule has 2 fully saturated rings. The van der Waals surface area contributed by atoms with E-state index < -0.39 is 5.91 Å². The van der Waals surface area contributed by atoms with Gasteiger partial charge >= 0.3 is 6.03 Å². The van der Waals surface area contributed by atoms with E-state index in [2.05, 4.69) is 24.1 Å². The summed E-state index contributed by atoms with van der Waals surface area (Å²) in [6, 6.07) is 3.39. The van der Waals surface area contributed by atoms with Crippen molar-refractivity contribution in [2.75, 3.05) is 11.9 Å². The molecule has 1 saturated heterocycles. The van der Waals surface area contributed by atoms with Gasteiger partial charge in [0.2, 0.25) is 0 Å². The molecule has 2 aliphatic rings. The number of carbonyl (C=O) groups excluding carboxylic acids is 2. The molecule has 1 unspecified atom stereocenters. The van der Waals surface area contributed by atoms with Crippen molar-refractivity contribution in [1.29, 1.82) is 0 Å². The Kier molecular flexibility index (Phi) is 3.54. The molecule has 1 aliphatic heterocycles. The van der Waals surface area contributed by atoms with Gasteiger partial charge in [0.25, 0.3) is 5.91 Å². The first-order valence-corrected chi connectivity index (χ1v) is 7.76. The summed E-state index contributed by atoms with van der Waals surface area (Å²) in [6.07, 6.45) is 5.20. The van der Waals surface area contributed by atoms with E-state index in [-0.39, 0.29) is 11.7 Å². The molecule has 3 rings (SSSR count). The topological polar surface area (TPSA) is 88.3 Å². The molecule has 6 nitrogen and oxygen atoms in total. The Morgan fingerprint density at radius 3 is 2.59 bits per heavy atom. The molecular weight excluding hydrogens is 280 g/mol. The molecule has 118 valence electrons. The van der Waals surface area contributed by atoms with Crippen molar-refractivity contribution < 1.29 is 9.59 Å². The number of nitrogens with two attached hydrogens (primary N) is 1. The van der Waals surface area contributed by atoms with Crippen molar-refractivity contribution in [3.05, 3.63) is 24.0 Å². The summed E-state index contributed by atoms with van der Waals surface area (Å²) in [7, 11) is 0. The van der Waals surface area contributed by atoms with Crippen LogP contribution in [0.25, 0.3) is 0 Å². The Morgan fingerprint density at radius 1 is 1.41 bits per heavy atom. The maximum Gasteiger partial charge on any atom is 0.322 e. The van der Waals surface area contributed by atoms with Crippen LogP contribution in [-0.4, -0.2) is 34.4 Å². The van der Waals surface area contributed by atoms with Gasteiger partial charge in [0, 0.05) is 18.0 Å². The zero-order chi connectivity index (χ0) is 15.9. The van der Waals surface area contributed by atoms with E-state index in [0.717, 1.165) is 6.54 Å². The minimum absolute atomic E-state index is 0.0927. The van der Waals surface area contributed by atoms with Crippen molar-refractivity contribution in [3.63, 3.8) is 0 Å². The lowest BCUT2D eigenvalue weighted by atomic mass is 9.55. The maximum atomic E-state index is 12.5.